The number of aromatic nitrogens is 1. The van der Waals surface area contributed by atoms with Gasteiger partial charge in [0.05, 0.1) is 18.4 Å². The summed E-state index contributed by atoms with van der Waals surface area (Å²) in [5.41, 5.74) is 0.605. The molecule has 1 aliphatic rings. The lowest BCUT2D eigenvalue weighted by atomic mass is 10.1. The minimum absolute atomic E-state index is 0.0666. The van der Waals surface area contributed by atoms with Gasteiger partial charge >= 0.3 is 12.2 Å². The van der Waals surface area contributed by atoms with E-state index < -0.39 is 12.7 Å². The van der Waals surface area contributed by atoms with Crippen LogP contribution in [0.4, 0.5) is 23.7 Å². The maximum Gasteiger partial charge on any atom is 0.401 e. The minimum atomic E-state index is -4.19. The lowest BCUT2D eigenvalue weighted by molar-refractivity contribution is -0.146. The van der Waals surface area contributed by atoms with Gasteiger partial charge in [-0.15, -0.1) is 0 Å². The fraction of sp³-hybridized carbons (Fsp3) is 0.600. The Bertz CT molecular complexity index is 509. The summed E-state index contributed by atoms with van der Waals surface area (Å²) in [6.07, 6.45) is -0.310. The first-order valence-corrected chi connectivity index (χ1v) is 7.62. The monoisotopic (exact) mass is 330 g/mol. The predicted molar refractivity (Wildman–Crippen MR) is 81.1 cm³/mol. The molecule has 0 aromatic carbocycles. The molecule has 8 heteroatoms. The molecule has 128 valence electrons. The number of alkyl halides is 3. The van der Waals surface area contributed by atoms with E-state index in [4.69, 9.17) is 0 Å². The molecule has 1 N–H and O–H groups in total. The number of nitrogens with one attached hydrogen (secondary N) is 1. The number of rotatable bonds is 5. The number of carbonyl (C=O) groups excluding carboxylic acids is 1. The van der Waals surface area contributed by atoms with Crippen molar-refractivity contribution in [1.82, 2.24) is 14.8 Å². The van der Waals surface area contributed by atoms with E-state index in [9.17, 15) is 18.0 Å². The highest BCUT2D eigenvalue weighted by Crippen LogP contribution is 2.21. The van der Waals surface area contributed by atoms with Crippen molar-refractivity contribution in [2.24, 2.45) is 5.92 Å². The molecule has 1 aromatic rings. The smallest absolute Gasteiger partial charge is 0.324 e. The second-order valence-corrected chi connectivity index (χ2v) is 5.72. The van der Waals surface area contributed by atoms with Crippen molar-refractivity contribution in [1.29, 1.82) is 0 Å². The number of anilines is 1. The van der Waals surface area contributed by atoms with Crippen molar-refractivity contribution < 1.29 is 18.0 Å². The summed E-state index contributed by atoms with van der Waals surface area (Å²) < 4.78 is 37.5. The SMILES string of the molecule is CCN(C[C@H]1CCN(C(=O)Nc2cccnc2)C1)CC(F)(F)F. The number of hydrogen-bond acceptors (Lipinski definition) is 3. The predicted octanol–water partition coefficient (Wildman–Crippen LogP) is 2.82. The number of hydrogen-bond donors (Lipinski definition) is 1. The number of likely N-dealkylation sites (tertiary alicyclic amines) is 1. The highest BCUT2D eigenvalue weighted by molar-refractivity contribution is 5.89. The molecule has 1 saturated heterocycles. The standard InChI is InChI=1S/C15H21F3N4O/c1-2-21(11-15(16,17)18)9-12-5-7-22(10-12)14(23)20-13-4-3-6-19-8-13/h3-4,6,8,12H,2,5,7,9-11H2,1H3,(H,20,23)/t12-/m1/s1. The molecule has 5 nitrogen and oxygen atoms in total. The van der Waals surface area contributed by atoms with Gasteiger partial charge in [0, 0.05) is 25.8 Å². The number of carbonyl (C=O) groups is 1. The van der Waals surface area contributed by atoms with Gasteiger partial charge in [-0.3, -0.25) is 9.88 Å². The largest absolute Gasteiger partial charge is 0.401 e. The Labute approximate surface area is 133 Å². The third kappa shape index (κ3) is 5.70. The Morgan fingerprint density at radius 2 is 2.30 bits per heavy atom. The Morgan fingerprint density at radius 1 is 1.52 bits per heavy atom. The lowest BCUT2D eigenvalue weighted by Gasteiger charge is -2.25. The Kier molecular flexibility index (Phi) is 5.81. The first-order chi connectivity index (χ1) is 10.9. The molecule has 1 fully saturated rings. The molecule has 0 unspecified atom stereocenters. The van der Waals surface area contributed by atoms with Gasteiger partial charge < -0.3 is 10.2 Å². The maximum absolute atomic E-state index is 12.5. The van der Waals surface area contributed by atoms with Gasteiger partial charge in [-0.25, -0.2) is 4.79 Å². The number of amides is 2. The molecule has 0 radical (unpaired) electrons. The summed E-state index contributed by atoms with van der Waals surface area (Å²) in [6.45, 7) is 2.54. The number of nitrogens with zero attached hydrogens (tertiary/aromatic N) is 3. The quantitative estimate of drug-likeness (QED) is 0.903. The van der Waals surface area contributed by atoms with Gasteiger partial charge in [-0.05, 0) is 31.0 Å². The van der Waals surface area contributed by atoms with Crippen molar-refractivity contribution in [3.8, 4) is 0 Å². The highest BCUT2D eigenvalue weighted by Gasteiger charge is 2.33. The number of pyridine rings is 1. The maximum atomic E-state index is 12.5. The first kappa shape index (κ1) is 17.5. The Morgan fingerprint density at radius 3 is 2.91 bits per heavy atom. The third-order valence-corrected chi connectivity index (χ3v) is 3.85. The van der Waals surface area contributed by atoms with Crippen LogP contribution in [0.15, 0.2) is 24.5 Å². The van der Waals surface area contributed by atoms with Crippen LogP contribution in [0.1, 0.15) is 13.3 Å². The van der Waals surface area contributed by atoms with E-state index in [2.05, 4.69) is 10.3 Å². The van der Waals surface area contributed by atoms with Crippen molar-refractivity contribution in [2.75, 3.05) is 38.0 Å². The fourth-order valence-corrected chi connectivity index (χ4v) is 2.73. The average Bonchev–Trinajstić information content (AvgIpc) is 2.95. The van der Waals surface area contributed by atoms with E-state index in [0.29, 0.717) is 31.9 Å². The molecule has 0 aliphatic carbocycles. The second kappa shape index (κ2) is 7.63. The van der Waals surface area contributed by atoms with Crippen LogP contribution in [0.3, 0.4) is 0 Å². The van der Waals surface area contributed by atoms with E-state index in [1.54, 1.807) is 36.4 Å². The molecule has 1 aliphatic heterocycles. The molecule has 2 rings (SSSR count). The van der Waals surface area contributed by atoms with Crippen LogP contribution >= 0.6 is 0 Å². The molecule has 0 spiro atoms. The van der Waals surface area contributed by atoms with E-state index in [0.717, 1.165) is 6.42 Å². The van der Waals surface area contributed by atoms with Gasteiger partial charge in [0.15, 0.2) is 0 Å². The molecule has 1 aromatic heterocycles. The second-order valence-electron chi connectivity index (χ2n) is 5.72. The third-order valence-electron chi connectivity index (χ3n) is 3.85. The van der Waals surface area contributed by atoms with Crippen LogP contribution in [-0.4, -0.2) is 59.7 Å². The summed E-state index contributed by atoms with van der Waals surface area (Å²) in [7, 11) is 0. The van der Waals surface area contributed by atoms with Crippen molar-refractivity contribution in [3.05, 3.63) is 24.5 Å². The zero-order valence-corrected chi connectivity index (χ0v) is 13.0. The van der Waals surface area contributed by atoms with Crippen molar-refractivity contribution >= 4 is 11.7 Å². The topological polar surface area (TPSA) is 48.5 Å². The Balaban J connectivity index is 1.82. The van der Waals surface area contributed by atoms with Gasteiger partial charge in [0.2, 0.25) is 0 Å². The highest BCUT2D eigenvalue weighted by atomic mass is 19.4. The van der Waals surface area contributed by atoms with Crippen LogP contribution in [-0.2, 0) is 0 Å². The van der Waals surface area contributed by atoms with Crippen molar-refractivity contribution in [3.63, 3.8) is 0 Å². The lowest BCUT2D eigenvalue weighted by Crippen LogP contribution is -2.39. The summed E-state index contributed by atoms with van der Waals surface area (Å²) in [5.74, 6) is 0.0666. The van der Waals surface area contributed by atoms with Crippen LogP contribution in [0.2, 0.25) is 0 Å². The summed E-state index contributed by atoms with van der Waals surface area (Å²) in [6, 6.07) is 3.22. The molecular formula is C15H21F3N4O. The first-order valence-electron chi connectivity index (χ1n) is 7.62. The minimum Gasteiger partial charge on any atom is -0.324 e. The zero-order valence-electron chi connectivity index (χ0n) is 13.0. The van der Waals surface area contributed by atoms with Crippen LogP contribution in [0, 0.1) is 5.92 Å². The van der Waals surface area contributed by atoms with Gasteiger partial charge in [-0.1, -0.05) is 6.92 Å². The summed E-state index contributed by atoms with van der Waals surface area (Å²) in [5, 5.41) is 2.74. The molecular weight excluding hydrogens is 309 g/mol. The van der Waals surface area contributed by atoms with E-state index in [-0.39, 0.29) is 11.9 Å². The van der Waals surface area contributed by atoms with E-state index in [1.807, 2.05) is 0 Å². The normalized spacial score (nSPS) is 18.5. The van der Waals surface area contributed by atoms with Gasteiger partial charge in [0.25, 0.3) is 0 Å². The number of halogens is 3. The molecule has 23 heavy (non-hydrogen) atoms. The molecule has 2 heterocycles. The molecule has 1 atom stereocenters. The average molecular weight is 330 g/mol. The molecule has 2 amide bonds. The Hall–Kier alpha value is -1.83. The van der Waals surface area contributed by atoms with Gasteiger partial charge in [0.1, 0.15) is 0 Å². The van der Waals surface area contributed by atoms with Crippen LogP contribution in [0.5, 0.6) is 0 Å². The summed E-state index contributed by atoms with van der Waals surface area (Å²) >= 11 is 0. The van der Waals surface area contributed by atoms with Crippen molar-refractivity contribution in [2.45, 2.75) is 19.5 Å². The summed E-state index contributed by atoms with van der Waals surface area (Å²) in [4.78, 5) is 19.1. The number of urea groups is 1. The zero-order chi connectivity index (χ0) is 16.9. The van der Waals surface area contributed by atoms with Gasteiger partial charge in [-0.2, -0.15) is 13.2 Å². The molecule has 0 bridgehead atoms. The molecule has 0 saturated carbocycles. The van der Waals surface area contributed by atoms with Crippen LogP contribution < -0.4 is 5.32 Å². The van der Waals surface area contributed by atoms with E-state index in [1.165, 1.54) is 4.90 Å². The van der Waals surface area contributed by atoms with Crippen LogP contribution in [0.25, 0.3) is 0 Å². The van der Waals surface area contributed by atoms with E-state index >= 15 is 0 Å². The fourth-order valence-electron chi connectivity index (χ4n) is 2.73.